The van der Waals surface area contributed by atoms with Crippen LogP contribution in [0.2, 0.25) is 5.02 Å². The minimum Gasteiger partial charge on any atom is -0.330 e. The highest BCUT2D eigenvalue weighted by atomic mass is 35.5. The van der Waals surface area contributed by atoms with Gasteiger partial charge in [0.15, 0.2) is 0 Å². The zero-order valence-corrected chi connectivity index (χ0v) is 10.8. The highest BCUT2D eigenvalue weighted by Crippen LogP contribution is 2.10. The van der Waals surface area contributed by atoms with E-state index in [0.717, 1.165) is 11.0 Å². The second kappa shape index (κ2) is 6.76. The molecule has 0 radical (unpaired) electrons. The summed E-state index contributed by atoms with van der Waals surface area (Å²) in [5.74, 6) is 0. The average molecular weight is 275 g/mol. The van der Waals surface area contributed by atoms with Crippen LogP contribution >= 0.6 is 11.6 Å². The van der Waals surface area contributed by atoms with E-state index >= 15 is 0 Å². The predicted octanol–water partition coefficient (Wildman–Crippen LogP) is 1.58. The Morgan fingerprint density at radius 2 is 1.94 bits per heavy atom. The third-order valence-electron chi connectivity index (χ3n) is 1.99. The van der Waals surface area contributed by atoms with Gasteiger partial charge < -0.3 is 5.73 Å². The lowest BCUT2D eigenvalue weighted by Gasteiger charge is -2.00. The van der Waals surface area contributed by atoms with Crippen molar-refractivity contribution >= 4 is 27.7 Å². The second-order valence-corrected chi connectivity index (χ2v) is 5.52. The Kier molecular flexibility index (Phi) is 5.64. The second-order valence-electron chi connectivity index (χ2n) is 3.44. The Balaban J connectivity index is 2.60. The number of rotatable bonds is 6. The number of nitrogens with two attached hydrogens (primary N) is 1. The van der Waals surface area contributed by atoms with Gasteiger partial charge in [-0.25, -0.2) is 13.1 Å². The van der Waals surface area contributed by atoms with Crippen LogP contribution in [-0.4, -0.2) is 21.5 Å². The number of hydrogen-bond acceptors (Lipinski definition) is 3. The average Bonchev–Trinajstić information content (AvgIpc) is 2.29. The van der Waals surface area contributed by atoms with Crippen molar-refractivity contribution < 1.29 is 8.42 Å². The predicted molar refractivity (Wildman–Crippen MR) is 71.1 cm³/mol. The third kappa shape index (κ3) is 5.83. The first-order valence-corrected chi connectivity index (χ1v) is 7.09. The maximum atomic E-state index is 11.5. The molecule has 0 saturated carbocycles. The lowest BCUT2D eigenvalue weighted by atomic mass is 10.2. The summed E-state index contributed by atoms with van der Waals surface area (Å²) < 4.78 is 25.4. The lowest BCUT2D eigenvalue weighted by Crippen LogP contribution is -2.24. The van der Waals surface area contributed by atoms with Crippen molar-refractivity contribution in [1.29, 1.82) is 0 Å². The Bertz CT molecular complexity index is 469. The summed E-state index contributed by atoms with van der Waals surface area (Å²) in [6.45, 7) is 0.813. The van der Waals surface area contributed by atoms with Crippen molar-refractivity contribution in [3.05, 3.63) is 40.3 Å². The number of sulfonamides is 1. The molecule has 0 saturated heterocycles. The highest BCUT2D eigenvalue weighted by Gasteiger charge is 2.02. The third-order valence-corrected chi connectivity index (χ3v) is 3.35. The molecule has 0 fully saturated rings. The fourth-order valence-electron chi connectivity index (χ4n) is 1.11. The maximum absolute atomic E-state index is 11.5. The van der Waals surface area contributed by atoms with Crippen molar-refractivity contribution in [3.8, 4) is 0 Å². The van der Waals surface area contributed by atoms with Crippen molar-refractivity contribution in [1.82, 2.24) is 4.72 Å². The fourth-order valence-corrected chi connectivity index (χ4v) is 2.09. The molecule has 94 valence electrons. The smallest absolute Gasteiger partial charge is 0.233 e. The summed E-state index contributed by atoms with van der Waals surface area (Å²) in [6.07, 6.45) is 2.13. The molecule has 0 bridgehead atoms. The van der Waals surface area contributed by atoms with Crippen LogP contribution in [0, 0.1) is 0 Å². The van der Waals surface area contributed by atoms with Gasteiger partial charge in [0.2, 0.25) is 10.0 Å². The zero-order valence-electron chi connectivity index (χ0n) is 9.27. The number of hydrogen-bond donors (Lipinski definition) is 2. The van der Waals surface area contributed by atoms with Gasteiger partial charge in [-0.15, -0.1) is 0 Å². The Hall–Kier alpha value is -0.880. The van der Waals surface area contributed by atoms with Gasteiger partial charge in [0.05, 0.1) is 0 Å². The SMILES string of the molecule is NCCCNS(=O)(=O)C=Cc1ccc(Cl)cc1. The molecule has 17 heavy (non-hydrogen) atoms. The summed E-state index contributed by atoms with van der Waals surface area (Å²) in [6, 6.07) is 6.90. The van der Waals surface area contributed by atoms with Crippen LogP contribution in [0.15, 0.2) is 29.7 Å². The van der Waals surface area contributed by atoms with Gasteiger partial charge in [0.25, 0.3) is 0 Å². The number of halogens is 1. The molecule has 0 aromatic heterocycles. The van der Waals surface area contributed by atoms with Gasteiger partial charge in [-0.1, -0.05) is 23.7 Å². The molecular formula is C11H15ClN2O2S. The van der Waals surface area contributed by atoms with Crippen LogP contribution in [0.1, 0.15) is 12.0 Å². The van der Waals surface area contributed by atoms with Gasteiger partial charge in [-0.05, 0) is 36.7 Å². The van der Waals surface area contributed by atoms with Gasteiger partial charge in [-0.3, -0.25) is 0 Å². The molecule has 1 aromatic carbocycles. The normalized spacial score (nSPS) is 12.1. The Morgan fingerprint density at radius 1 is 1.29 bits per heavy atom. The summed E-state index contributed by atoms with van der Waals surface area (Å²) in [4.78, 5) is 0. The van der Waals surface area contributed by atoms with Gasteiger partial charge in [0.1, 0.15) is 0 Å². The molecule has 0 aliphatic rings. The number of nitrogens with one attached hydrogen (secondary N) is 1. The molecule has 0 aliphatic carbocycles. The van der Waals surface area contributed by atoms with Crippen molar-refractivity contribution in [3.63, 3.8) is 0 Å². The standard InChI is InChI=1S/C11H15ClN2O2S/c12-11-4-2-10(3-5-11)6-9-17(15,16)14-8-1-7-13/h2-6,9,14H,1,7-8,13H2. The van der Waals surface area contributed by atoms with E-state index in [4.69, 9.17) is 17.3 Å². The monoisotopic (exact) mass is 274 g/mol. The Labute approximate surface area is 107 Å². The molecule has 0 atom stereocenters. The molecular weight excluding hydrogens is 260 g/mol. The van der Waals surface area contributed by atoms with E-state index < -0.39 is 10.0 Å². The molecule has 4 nitrogen and oxygen atoms in total. The zero-order chi connectivity index (χ0) is 12.7. The number of benzene rings is 1. The largest absolute Gasteiger partial charge is 0.330 e. The van der Waals surface area contributed by atoms with E-state index in [1.165, 1.54) is 6.08 Å². The van der Waals surface area contributed by atoms with Gasteiger partial charge in [-0.2, -0.15) is 0 Å². The minimum absolute atomic E-state index is 0.351. The van der Waals surface area contributed by atoms with Gasteiger partial charge >= 0.3 is 0 Å². The summed E-state index contributed by atoms with van der Waals surface area (Å²) >= 11 is 5.72. The Morgan fingerprint density at radius 3 is 2.53 bits per heavy atom. The van der Waals surface area contributed by atoms with E-state index in [1.54, 1.807) is 24.3 Å². The van der Waals surface area contributed by atoms with Gasteiger partial charge in [0, 0.05) is 17.0 Å². The highest BCUT2D eigenvalue weighted by molar-refractivity contribution is 7.92. The molecule has 1 aromatic rings. The van der Waals surface area contributed by atoms with E-state index in [0.29, 0.717) is 24.5 Å². The molecule has 3 N–H and O–H groups in total. The summed E-state index contributed by atoms with van der Waals surface area (Å²) in [7, 11) is -3.38. The lowest BCUT2D eigenvalue weighted by molar-refractivity contribution is 0.589. The summed E-state index contributed by atoms with van der Waals surface area (Å²) in [5, 5.41) is 1.75. The first-order chi connectivity index (χ1) is 8.03. The quantitative estimate of drug-likeness (QED) is 0.774. The van der Waals surface area contributed by atoms with Crippen molar-refractivity contribution in [2.45, 2.75) is 6.42 Å². The molecule has 6 heteroatoms. The van der Waals surface area contributed by atoms with E-state index in [-0.39, 0.29) is 0 Å². The van der Waals surface area contributed by atoms with E-state index in [9.17, 15) is 8.42 Å². The molecule has 0 unspecified atom stereocenters. The van der Waals surface area contributed by atoms with E-state index in [1.807, 2.05) is 0 Å². The van der Waals surface area contributed by atoms with E-state index in [2.05, 4.69) is 4.72 Å². The van der Waals surface area contributed by atoms with Crippen LogP contribution < -0.4 is 10.5 Å². The topological polar surface area (TPSA) is 72.2 Å². The van der Waals surface area contributed by atoms with Crippen LogP contribution in [-0.2, 0) is 10.0 Å². The molecule has 0 amide bonds. The van der Waals surface area contributed by atoms with Crippen molar-refractivity contribution in [2.75, 3.05) is 13.1 Å². The minimum atomic E-state index is -3.38. The molecule has 0 heterocycles. The van der Waals surface area contributed by atoms with Crippen molar-refractivity contribution in [2.24, 2.45) is 5.73 Å². The molecule has 1 rings (SSSR count). The van der Waals surface area contributed by atoms with Crippen LogP contribution in [0.25, 0.3) is 6.08 Å². The molecule has 0 spiro atoms. The molecule has 0 aliphatic heterocycles. The van der Waals surface area contributed by atoms with Crippen LogP contribution in [0.4, 0.5) is 0 Å². The first kappa shape index (κ1) is 14.2. The first-order valence-electron chi connectivity index (χ1n) is 5.17. The van der Waals surface area contributed by atoms with Crippen LogP contribution in [0.5, 0.6) is 0 Å². The fraction of sp³-hybridized carbons (Fsp3) is 0.273. The summed E-state index contributed by atoms with van der Waals surface area (Å²) in [5.41, 5.74) is 6.05. The maximum Gasteiger partial charge on any atom is 0.233 e. The van der Waals surface area contributed by atoms with Crippen LogP contribution in [0.3, 0.4) is 0 Å².